The summed E-state index contributed by atoms with van der Waals surface area (Å²) in [5, 5.41) is 1.71. The first-order valence-electron chi connectivity index (χ1n) is 11.3. The van der Waals surface area contributed by atoms with E-state index in [4.69, 9.17) is 14.2 Å². The Balaban J connectivity index is 1.92. The SMILES string of the molecule is COC(=O)/C1=C(\C(=O)OC)c2cn(c3ccccc23)CCOCCCn2cc1c1ccccc12. The van der Waals surface area contributed by atoms with Crippen molar-refractivity contribution in [2.24, 2.45) is 0 Å². The number of hydrogen-bond acceptors (Lipinski definition) is 5. The van der Waals surface area contributed by atoms with E-state index < -0.39 is 11.9 Å². The molecule has 0 amide bonds. The molecule has 0 spiro atoms. The number of para-hydroxylation sites is 2. The Bertz CT molecular complexity index is 1320. The van der Waals surface area contributed by atoms with E-state index >= 15 is 0 Å². The van der Waals surface area contributed by atoms with E-state index in [1.807, 2.05) is 60.9 Å². The van der Waals surface area contributed by atoms with Crippen LogP contribution in [0.25, 0.3) is 33.0 Å². The van der Waals surface area contributed by atoms with Gasteiger partial charge in [0.1, 0.15) is 0 Å². The Kier molecular flexibility index (Phi) is 5.94. The molecule has 1 aliphatic rings. The van der Waals surface area contributed by atoms with Crippen LogP contribution in [-0.2, 0) is 36.9 Å². The Morgan fingerprint density at radius 3 is 1.76 bits per heavy atom. The molecule has 0 saturated heterocycles. The number of aromatic nitrogens is 2. The summed E-state index contributed by atoms with van der Waals surface area (Å²) in [4.78, 5) is 26.6. The van der Waals surface area contributed by atoms with Gasteiger partial charge in [-0.15, -0.1) is 0 Å². The molecule has 5 rings (SSSR count). The fourth-order valence-corrected chi connectivity index (χ4v) is 4.76. The number of fused-ring (bicyclic) bond motifs is 10. The highest BCUT2D eigenvalue weighted by Crippen LogP contribution is 2.37. The molecule has 1 aliphatic heterocycles. The lowest BCUT2D eigenvalue weighted by Gasteiger charge is -2.12. The average molecular weight is 459 g/mol. The Morgan fingerprint density at radius 2 is 1.24 bits per heavy atom. The number of rotatable bonds is 2. The summed E-state index contributed by atoms with van der Waals surface area (Å²) in [7, 11) is 2.65. The van der Waals surface area contributed by atoms with Crippen LogP contribution in [0.1, 0.15) is 17.5 Å². The van der Waals surface area contributed by atoms with E-state index in [0.717, 1.165) is 34.8 Å². The van der Waals surface area contributed by atoms with Gasteiger partial charge >= 0.3 is 11.9 Å². The van der Waals surface area contributed by atoms with E-state index in [9.17, 15) is 9.59 Å². The normalized spacial score (nSPS) is 16.9. The molecular weight excluding hydrogens is 432 g/mol. The van der Waals surface area contributed by atoms with Crippen LogP contribution in [0.15, 0.2) is 60.9 Å². The molecule has 4 aromatic rings. The number of hydrogen-bond donors (Lipinski definition) is 0. The molecule has 4 bridgehead atoms. The predicted octanol–water partition coefficient (Wildman–Crippen LogP) is 4.27. The van der Waals surface area contributed by atoms with Crippen LogP contribution in [0.2, 0.25) is 0 Å². The highest BCUT2D eigenvalue weighted by molar-refractivity contribution is 6.40. The maximum Gasteiger partial charge on any atom is 0.339 e. The summed E-state index contributed by atoms with van der Waals surface area (Å²) in [6.45, 7) is 2.50. The first-order chi connectivity index (χ1) is 16.6. The molecule has 0 fully saturated rings. The van der Waals surface area contributed by atoms with Crippen LogP contribution in [0.4, 0.5) is 0 Å². The van der Waals surface area contributed by atoms with Crippen molar-refractivity contribution in [2.45, 2.75) is 19.5 Å². The molecule has 0 saturated carbocycles. The third-order valence-corrected chi connectivity index (χ3v) is 6.31. The van der Waals surface area contributed by atoms with Gasteiger partial charge in [0.05, 0.1) is 32.0 Å². The second kappa shape index (κ2) is 9.19. The zero-order chi connectivity index (χ0) is 23.7. The molecule has 7 nitrogen and oxygen atoms in total. The molecule has 0 atom stereocenters. The molecule has 3 heterocycles. The van der Waals surface area contributed by atoms with E-state index in [2.05, 4.69) is 9.13 Å². The van der Waals surface area contributed by atoms with Gasteiger partial charge in [0, 0.05) is 65.0 Å². The molecule has 0 N–H and O–H groups in total. The molecule has 0 radical (unpaired) electrons. The minimum absolute atomic E-state index is 0.185. The predicted molar refractivity (Wildman–Crippen MR) is 130 cm³/mol. The summed E-state index contributed by atoms with van der Waals surface area (Å²) in [6.07, 6.45) is 4.63. The molecule has 2 aromatic heterocycles. The maximum atomic E-state index is 13.3. The smallest absolute Gasteiger partial charge is 0.339 e. The Morgan fingerprint density at radius 1 is 0.735 bits per heavy atom. The topological polar surface area (TPSA) is 71.7 Å². The van der Waals surface area contributed by atoms with Gasteiger partial charge in [-0.2, -0.15) is 0 Å². The number of esters is 2. The van der Waals surface area contributed by atoms with Crippen LogP contribution < -0.4 is 0 Å². The fraction of sp³-hybridized carbons (Fsp3) is 0.259. The van der Waals surface area contributed by atoms with Crippen LogP contribution in [0.5, 0.6) is 0 Å². The van der Waals surface area contributed by atoms with Crippen molar-refractivity contribution < 1.29 is 23.8 Å². The quantitative estimate of drug-likeness (QED) is 0.420. The van der Waals surface area contributed by atoms with Crippen molar-refractivity contribution in [2.75, 3.05) is 27.4 Å². The summed E-state index contributed by atoms with van der Waals surface area (Å²) >= 11 is 0. The summed E-state index contributed by atoms with van der Waals surface area (Å²) < 4.78 is 20.5. The average Bonchev–Trinajstić information content (AvgIpc) is 3.42. The molecule has 0 aliphatic carbocycles. The van der Waals surface area contributed by atoms with E-state index in [1.165, 1.54) is 14.2 Å². The van der Waals surface area contributed by atoms with Crippen LogP contribution in [0.3, 0.4) is 0 Å². The highest BCUT2D eigenvalue weighted by Gasteiger charge is 2.30. The van der Waals surface area contributed by atoms with E-state index in [-0.39, 0.29) is 11.1 Å². The maximum absolute atomic E-state index is 13.3. The molecular formula is C27H26N2O5. The molecule has 174 valence electrons. The standard InChI is InChI=1S/C27H26N2O5/c1-32-26(30)24-20-16-28(22-10-5-3-8-18(20)22)12-7-14-34-15-13-29-17-21(25(24)27(31)33-2)19-9-4-6-11-23(19)29/h3-6,8-11,16-17H,7,12-15H2,1-2H3/b25-24-. The van der Waals surface area contributed by atoms with Crippen molar-refractivity contribution in [3.8, 4) is 0 Å². The van der Waals surface area contributed by atoms with Gasteiger partial charge in [-0.25, -0.2) is 9.59 Å². The summed E-state index contributed by atoms with van der Waals surface area (Å²) in [5.41, 5.74) is 3.56. The zero-order valence-electron chi connectivity index (χ0n) is 19.2. The van der Waals surface area contributed by atoms with Crippen LogP contribution in [0, 0.1) is 0 Å². The number of methoxy groups -OCH3 is 2. The van der Waals surface area contributed by atoms with Gasteiger partial charge in [0.2, 0.25) is 0 Å². The first-order valence-corrected chi connectivity index (χ1v) is 11.3. The molecule has 2 aromatic carbocycles. The first kappa shape index (κ1) is 22.0. The van der Waals surface area contributed by atoms with Gasteiger partial charge in [0.25, 0.3) is 0 Å². The molecule has 34 heavy (non-hydrogen) atoms. The van der Waals surface area contributed by atoms with Crippen LogP contribution in [-0.4, -0.2) is 48.5 Å². The Labute approximate surface area is 197 Å². The van der Waals surface area contributed by atoms with E-state index in [1.54, 1.807) is 0 Å². The van der Waals surface area contributed by atoms with Crippen molar-refractivity contribution >= 4 is 44.9 Å². The third kappa shape index (κ3) is 3.68. The highest BCUT2D eigenvalue weighted by atomic mass is 16.5. The number of carbonyl (C=O) groups is 2. The minimum atomic E-state index is -0.594. The molecule has 7 heteroatoms. The monoisotopic (exact) mass is 458 g/mol. The fourth-order valence-electron chi connectivity index (χ4n) is 4.76. The van der Waals surface area contributed by atoms with Gasteiger partial charge in [-0.05, 0) is 18.6 Å². The van der Waals surface area contributed by atoms with Crippen molar-refractivity contribution in [1.29, 1.82) is 0 Å². The largest absolute Gasteiger partial charge is 0.465 e. The lowest BCUT2D eigenvalue weighted by molar-refractivity contribution is -0.135. The van der Waals surface area contributed by atoms with Crippen molar-refractivity contribution in [1.82, 2.24) is 9.13 Å². The number of aryl methyl sites for hydroxylation is 1. The number of ether oxygens (including phenoxy) is 3. The second-order valence-electron chi connectivity index (χ2n) is 8.21. The zero-order valence-corrected chi connectivity index (χ0v) is 19.2. The van der Waals surface area contributed by atoms with Gasteiger partial charge in [0.15, 0.2) is 0 Å². The van der Waals surface area contributed by atoms with E-state index in [0.29, 0.717) is 30.9 Å². The van der Waals surface area contributed by atoms with Gasteiger partial charge < -0.3 is 23.3 Å². The lowest BCUT2D eigenvalue weighted by atomic mass is 9.94. The van der Waals surface area contributed by atoms with Crippen molar-refractivity contribution in [3.05, 3.63) is 72.1 Å². The van der Waals surface area contributed by atoms with Crippen molar-refractivity contribution in [3.63, 3.8) is 0 Å². The lowest BCUT2D eigenvalue weighted by Crippen LogP contribution is -2.13. The molecule has 0 unspecified atom stereocenters. The number of carbonyl (C=O) groups excluding carboxylic acids is 2. The van der Waals surface area contributed by atoms with Crippen LogP contribution >= 0.6 is 0 Å². The Hall–Kier alpha value is -3.84. The third-order valence-electron chi connectivity index (χ3n) is 6.31. The summed E-state index contributed by atoms with van der Waals surface area (Å²) in [6, 6.07) is 15.7. The number of benzene rings is 2. The second-order valence-corrected chi connectivity index (χ2v) is 8.21. The van der Waals surface area contributed by atoms with Gasteiger partial charge in [-0.1, -0.05) is 36.4 Å². The number of nitrogens with zero attached hydrogens (tertiary/aromatic N) is 2. The summed E-state index contributed by atoms with van der Waals surface area (Å²) in [5.74, 6) is -1.18. The minimum Gasteiger partial charge on any atom is -0.465 e. The van der Waals surface area contributed by atoms with Gasteiger partial charge in [-0.3, -0.25) is 0 Å².